The largest absolute Gasteiger partial charge is 0.343 e. The first-order chi connectivity index (χ1) is 10.1. The summed E-state index contributed by atoms with van der Waals surface area (Å²) in [4.78, 5) is 14.6. The molecule has 4 heteroatoms. The lowest BCUT2D eigenvalue weighted by Crippen LogP contribution is -2.53. The molecule has 108 valence electrons. The third-order valence-corrected chi connectivity index (χ3v) is 5.20. The highest BCUT2D eigenvalue weighted by Crippen LogP contribution is 2.49. The molecule has 0 aromatic heterocycles. The number of hydrogen-bond donors (Lipinski definition) is 0. The van der Waals surface area contributed by atoms with E-state index in [0.29, 0.717) is 23.2 Å². The fourth-order valence-electron chi connectivity index (χ4n) is 3.90. The number of fused-ring (bicyclic) bond motifs is 5. The van der Waals surface area contributed by atoms with Gasteiger partial charge < -0.3 is 4.90 Å². The van der Waals surface area contributed by atoms with Crippen molar-refractivity contribution in [3.8, 4) is 11.8 Å². The Morgan fingerprint density at radius 3 is 2.81 bits per heavy atom. The van der Waals surface area contributed by atoms with Gasteiger partial charge in [0, 0.05) is 23.0 Å². The average Bonchev–Trinajstić information content (AvgIpc) is 2.57. The van der Waals surface area contributed by atoms with Crippen LogP contribution < -0.4 is 0 Å². The van der Waals surface area contributed by atoms with Crippen LogP contribution in [-0.4, -0.2) is 16.7 Å². The first-order valence-electron chi connectivity index (χ1n) is 7.39. The van der Waals surface area contributed by atoms with Crippen LogP contribution in [0, 0.1) is 23.7 Å². The van der Waals surface area contributed by atoms with E-state index in [0.717, 1.165) is 31.0 Å². The topological polar surface area (TPSA) is 20.3 Å². The first-order valence-corrected chi connectivity index (χ1v) is 7.39. The molecule has 2 unspecified atom stereocenters. The average molecular weight is 287 g/mol. The van der Waals surface area contributed by atoms with Crippen molar-refractivity contribution in [3.05, 3.63) is 34.7 Å². The predicted molar refractivity (Wildman–Crippen MR) is 73.9 cm³/mol. The van der Waals surface area contributed by atoms with Gasteiger partial charge in [-0.25, -0.2) is 4.39 Å². The Bertz CT molecular complexity index is 704. The summed E-state index contributed by atoms with van der Waals surface area (Å²) in [7, 11) is 0. The highest BCUT2D eigenvalue weighted by Gasteiger charge is 2.47. The summed E-state index contributed by atoms with van der Waals surface area (Å²) in [6.07, 6.45) is 5.30. The number of hydrogen-bond acceptors (Lipinski definition) is 2. The minimum absolute atomic E-state index is 0.111. The molecule has 0 radical (unpaired) electrons. The molecule has 0 spiro atoms. The molecule has 2 fully saturated rings. The van der Waals surface area contributed by atoms with E-state index in [1.165, 1.54) is 6.42 Å². The van der Waals surface area contributed by atoms with Crippen molar-refractivity contribution in [2.45, 2.75) is 38.6 Å². The third kappa shape index (κ3) is 1.67. The number of Topliss-reactive ketones (excluding diaryl/α,β-unsaturated/α-hetero) is 1. The molecule has 0 amide bonds. The van der Waals surface area contributed by atoms with Gasteiger partial charge in [-0.1, -0.05) is 5.92 Å². The lowest BCUT2D eigenvalue weighted by atomic mass is 9.69. The molecule has 2 nitrogen and oxygen atoms in total. The Morgan fingerprint density at radius 2 is 2.10 bits per heavy atom. The minimum atomic E-state index is -1.08. The number of allylic oxidation sites excluding steroid dienone is 6. The Hall–Kier alpha value is -1.89. The fourth-order valence-corrected chi connectivity index (χ4v) is 3.90. The van der Waals surface area contributed by atoms with Crippen molar-refractivity contribution in [2.24, 2.45) is 11.8 Å². The Morgan fingerprint density at radius 1 is 1.29 bits per heavy atom. The summed E-state index contributed by atoms with van der Waals surface area (Å²) in [5.74, 6) is 2.49. The van der Waals surface area contributed by atoms with Gasteiger partial charge in [0.15, 0.2) is 11.6 Å². The molecule has 1 saturated heterocycles. The molecule has 0 aromatic rings. The van der Waals surface area contributed by atoms with Gasteiger partial charge >= 0.3 is 0 Å². The normalized spacial score (nSPS) is 34.0. The second kappa shape index (κ2) is 4.30. The lowest BCUT2D eigenvalue weighted by Gasteiger charge is -2.54. The number of rotatable bonds is 0. The minimum Gasteiger partial charge on any atom is -0.343 e. The second-order valence-electron chi connectivity index (χ2n) is 6.18. The number of halogens is 2. The van der Waals surface area contributed by atoms with E-state index < -0.39 is 17.6 Å². The zero-order chi connectivity index (χ0) is 14.7. The molecule has 2 heterocycles. The van der Waals surface area contributed by atoms with Gasteiger partial charge in [0.05, 0.1) is 0 Å². The van der Waals surface area contributed by atoms with Crippen molar-refractivity contribution < 1.29 is 13.6 Å². The number of carbonyl (C=O) groups excluding carboxylic acids is 1. The number of piperidine rings is 1. The van der Waals surface area contributed by atoms with Crippen LogP contribution in [0.15, 0.2) is 34.7 Å². The molecule has 2 aliphatic carbocycles. The van der Waals surface area contributed by atoms with E-state index in [1.54, 1.807) is 0 Å². The number of nitrogens with zero attached hydrogens (tertiary/aromatic N) is 1. The van der Waals surface area contributed by atoms with Crippen molar-refractivity contribution >= 4 is 5.78 Å². The van der Waals surface area contributed by atoms with E-state index in [-0.39, 0.29) is 5.78 Å². The Kier molecular flexibility index (Phi) is 2.63. The Balaban J connectivity index is 1.90. The third-order valence-electron chi connectivity index (χ3n) is 5.20. The SMILES string of the molecule is CC1=C2CC[C@H]3CCC3N2C2=CC(F)=C(F)C#CC2C1=O. The van der Waals surface area contributed by atoms with Gasteiger partial charge in [-0.15, -0.1) is 0 Å². The molecule has 2 aliphatic heterocycles. The van der Waals surface area contributed by atoms with Gasteiger partial charge in [0.2, 0.25) is 5.83 Å². The number of carbonyl (C=O) groups is 1. The van der Waals surface area contributed by atoms with E-state index >= 15 is 0 Å². The van der Waals surface area contributed by atoms with Crippen LogP contribution in [0.4, 0.5) is 8.78 Å². The van der Waals surface area contributed by atoms with Crippen LogP contribution in [0.3, 0.4) is 0 Å². The van der Waals surface area contributed by atoms with Gasteiger partial charge in [-0.2, -0.15) is 4.39 Å². The highest BCUT2D eigenvalue weighted by molar-refractivity contribution is 6.02. The monoisotopic (exact) mass is 287 g/mol. The molecule has 4 aliphatic rings. The first kappa shape index (κ1) is 12.8. The summed E-state index contributed by atoms with van der Waals surface area (Å²) in [6, 6.07) is 0.321. The molecule has 0 aromatic carbocycles. The maximum atomic E-state index is 13.8. The summed E-state index contributed by atoms with van der Waals surface area (Å²) in [6.45, 7) is 1.81. The highest BCUT2D eigenvalue weighted by atomic mass is 19.2. The van der Waals surface area contributed by atoms with Crippen LogP contribution in [0.1, 0.15) is 32.6 Å². The predicted octanol–water partition coefficient (Wildman–Crippen LogP) is 3.39. The van der Waals surface area contributed by atoms with E-state index in [1.807, 2.05) is 6.92 Å². The molecule has 0 N–H and O–H groups in total. The maximum absolute atomic E-state index is 13.8. The van der Waals surface area contributed by atoms with Crippen LogP contribution >= 0.6 is 0 Å². The van der Waals surface area contributed by atoms with Crippen molar-refractivity contribution in [3.63, 3.8) is 0 Å². The zero-order valence-corrected chi connectivity index (χ0v) is 11.7. The summed E-state index contributed by atoms with van der Waals surface area (Å²) in [5.41, 5.74) is 2.23. The molecule has 21 heavy (non-hydrogen) atoms. The van der Waals surface area contributed by atoms with Gasteiger partial charge in [0.25, 0.3) is 0 Å². The quantitative estimate of drug-likeness (QED) is 0.637. The van der Waals surface area contributed by atoms with Crippen molar-refractivity contribution in [1.82, 2.24) is 4.90 Å². The van der Waals surface area contributed by atoms with Crippen molar-refractivity contribution in [1.29, 1.82) is 0 Å². The lowest BCUT2D eigenvalue weighted by molar-refractivity contribution is -0.118. The second-order valence-corrected chi connectivity index (χ2v) is 6.18. The van der Waals surface area contributed by atoms with Crippen LogP contribution in [0.2, 0.25) is 0 Å². The summed E-state index contributed by atoms with van der Waals surface area (Å²) >= 11 is 0. The summed E-state index contributed by atoms with van der Waals surface area (Å²) in [5, 5.41) is 0. The van der Waals surface area contributed by atoms with Crippen LogP contribution in [-0.2, 0) is 4.79 Å². The maximum Gasteiger partial charge on any atom is 0.208 e. The van der Waals surface area contributed by atoms with Gasteiger partial charge in [0.1, 0.15) is 5.92 Å². The van der Waals surface area contributed by atoms with Crippen molar-refractivity contribution in [2.75, 3.05) is 0 Å². The fraction of sp³-hybridized carbons (Fsp3) is 0.471. The molecule has 0 bridgehead atoms. The molecular weight excluding hydrogens is 272 g/mol. The van der Waals surface area contributed by atoms with E-state index in [9.17, 15) is 13.6 Å². The molecular formula is C17H15F2NO. The molecule has 4 rings (SSSR count). The standard InChI is InChI=1S/C17H15F2NO/c1-9-14-6-2-10-3-7-15(10)20(14)16-8-13(19)12(18)5-4-11(16)17(9)21/h8,10-11,15H,2-3,6-7H2,1H3/t10-,11?,15?/m0/s1. The Labute approximate surface area is 122 Å². The molecule has 3 atom stereocenters. The smallest absolute Gasteiger partial charge is 0.208 e. The number of ketones is 1. The summed E-state index contributed by atoms with van der Waals surface area (Å²) < 4.78 is 27.3. The van der Waals surface area contributed by atoms with Gasteiger partial charge in [-0.05, 0) is 50.5 Å². The van der Waals surface area contributed by atoms with E-state index in [2.05, 4.69) is 16.7 Å². The van der Waals surface area contributed by atoms with Gasteiger partial charge in [-0.3, -0.25) is 4.79 Å². The van der Waals surface area contributed by atoms with Crippen LogP contribution in [0.5, 0.6) is 0 Å². The zero-order valence-electron chi connectivity index (χ0n) is 11.7. The van der Waals surface area contributed by atoms with Crippen LogP contribution in [0.25, 0.3) is 0 Å². The van der Waals surface area contributed by atoms with E-state index in [4.69, 9.17) is 0 Å². The molecule has 1 saturated carbocycles.